The van der Waals surface area contributed by atoms with Crippen LogP contribution in [0.25, 0.3) is 0 Å². The first-order valence-corrected chi connectivity index (χ1v) is 9.16. The zero-order valence-electron chi connectivity index (χ0n) is 13.1. The van der Waals surface area contributed by atoms with Crippen molar-refractivity contribution in [3.05, 3.63) is 52.5 Å². The molecule has 4 nitrogen and oxygen atoms in total. The summed E-state index contributed by atoms with van der Waals surface area (Å²) in [5.41, 5.74) is 2.17. The van der Waals surface area contributed by atoms with E-state index in [1.54, 1.807) is 11.3 Å². The van der Waals surface area contributed by atoms with Crippen LogP contribution in [-0.2, 0) is 6.54 Å². The Kier molecular flexibility index (Phi) is 4.14. The van der Waals surface area contributed by atoms with Crippen molar-refractivity contribution < 1.29 is 4.79 Å². The molecule has 23 heavy (non-hydrogen) atoms. The zero-order valence-corrected chi connectivity index (χ0v) is 13.9. The molecule has 0 bridgehead atoms. The van der Waals surface area contributed by atoms with Crippen LogP contribution in [-0.4, -0.2) is 46.9 Å². The third-order valence-corrected chi connectivity index (χ3v) is 5.78. The van der Waals surface area contributed by atoms with Crippen molar-refractivity contribution in [3.63, 3.8) is 0 Å². The maximum Gasteiger partial charge on any atom is 0.254 e. The summed E-state index contributed by atoms with van der Waals surface area (Å²) in [6.45, 7) is 5.06. The van der Waals surface area contributed by atoms with Gasteiger partial charge in [-0.1, -0.05) is 0 Å². The van der Waals surface area contributed by atoms with E-state index in [9.17, 15) is 4.79 Å². The molecule has 2 aromatic rings. The van der Waals surface area contributed by atoms with E-state index in [1.807, 2.05) is 29.2 Å². The number of piperidine rings is 1. The number of aromatic nitrogens is 1. The number of hydrogen-bond donors (Lipinski definition) is 0. The minimum atomic E-state index is 0.210. The number of nitrogens with zero attached hydrogens (tertiary/aromatic N) is 3. The van der Waals surface area contributed by atoms with Gasteiger partial charge in [0.15, 0.2) is 0 Å². The van der Waals surface area contributed by atoms with Crippen molar-refractivity contribution in [2.75, 3.05) is 26.2 Å². The maximum atomic E-state index is 12.5. The number of pyridine rings is 1. The molecule has 0 saturated carbocycles. The molecule has 0 aliphatic carbocycles. The van der Waals surface area contributed by atoms with Gasteiger partial charge in [-0.3, -0.25) is 14.7 Å². The number of thiophene rings is 1. The van der Waals surface area contributed by atoms with E-state index in [1.165, 1.54) is 12.0 Å². The van der Waals surface area contributed by atoms with Crippen LogP contribution < -0.4 is 0 Å². The molecule has 2 saturated heterocycles. The molecule has 0 N–H and O–H groups in total. The van der Waals surface area contributed by atoms with Crippen molar-refractivity contribution in [3.8, 4) is 0 Å². The summed E-state index contributed by atoms with van der Waals surface area (Å²) in [5, 5.41) is 3.94. The minimum absolute atomic E-state index is 0.210. The van der Waals surface area contributed by atoms with Crippen molar-refractivity contribution in [2.24, 2.45) is 11.8 Å². The Morgan fingerprint density at radius 3 is 2.78 bits per heavy atom. The molecule has 0 unspecified atom stereocenters. The van der Waals surface area contributed by atoms with E-state index >= 15 is 0 Å². The number of rotatable bonds is 3. The maximum absolute atomic E-state index is 12.5. The fourth-order valence-corrected chi connectivity index (χ4v) is 4.50. The molecule has 4 rings (SSSR count). The van der Waals surface area contributed by atoms with Crippen molar-refractivity contribution in [1.29, 1.82) is 0 Å². The Bertz CT molecular complexity index is 658. The molecule has 5 heteroatoms. The second-order valence-corrected chi connectivity index (χ2v) is 7.40. The van der Waals surface area contributed by atoms with Gasteiger partial charge in [-0.15, -0.1) is 0 Å². The fraction of sp³-hybridized carbons (Fsp3) is 0.444. The minimum Gasteiger partial charge on any atom is -0.338 e. The van der Waals surface area contributed by atoms with E-state index in [-0.39, 0.29) is 5.91 Å². The molecule has 4 heterocycles. The average molecular weight is 327 g/mol. The highest BCUT2D eigenvalue weighted by Gasteiger charge is 2.38. The molecule has 2 aromatic heterocycles. The summed E-state index contributed by atoms with van der Waals surface area (Å²) >= 11 is 1.59. The average Bonchev–Trinajstić information content (AvgIpc) is 3.24. The molecule has 0 aromatic carbocycles. The summed E-state index contributed by atoms with van der Waals surface area (Å²) in [6.07, 6.45) is 4.92. The Labute approximate surface area is 140 Å². The lowest BCUT2D eigenvalue weighted by Gasteiger charge is -2.34. The highest BCUT2D eigenvalue weighted by atomic mass is 32.1. The highest BCUT2D eigenvalue weighted by molar-refractivity contribution is 7.08. The molecule has 2 atom stereocenters. The number of carbonyl (C=O) groups is 1. The summed E-state index contributed by atoms with van der Waals surface area (Å²) in [6, 6.07) is 6.12. The van der Waals surface area contributed by atoms with Gasteiger partial charge in [0.1, 0.15) is 0 Å². The summed E-state index contributed by atoms with van der Waals surface area (Å²) in [4.78, 5) is 21.2. The molecule has 2 aliphatic rings. The Balaban J connectivity index is 1.38. The molecule has 1 amide bonds. The van der Waals surface area contributed by atoms with E-state index in [0.29, 0.717) is 11.8 Å². The van der Waals surface area contributed by atoms with E-state index in [4.69, 9.17) is 0 Å². The van der Waals surface area contributed by atoms with Gasteiger partial charge in [-0.05, 0) is 53.9 Å². The zero-order chi connectivity index (χ0) is 15.6. The smallest absolute Gasteiger partial charge is 0.254 e. The summed E-state index contributed by atoms with van der Waals surface area (Å²) in [7, 11) is 0. The van der Waals surface area contributed by atoms with Crippen molar-refractivity contribution in [2.45, 2.75) is 13.0 Å². The Morgan fingerprint density at radius 1 is 1.17 bits per heavy atom. The first-order valence-electron chi connectivity index (χ1n) is 8.22. The number of carbonyl (C=O) groups excluding carboxylic acids is 1. The molecular weight excluding hydrogens is 306 g/mol. The molecular formula is C18H21N3OS. The summed E-state index contributed by atoms with van der Waals surface area (Å²) < 4.78 is 0. The van der Waals surface area contributed by atoms with Gasteiger partial charge in [0, 0.05) is 44.0 Å². The number of amides is 1. The van der Waals surface area contributed by atoms with Crippen molar-refractivity contribution in [1.82, 2.24) is 14.8 Å². The third-order valence-electron chi connectivity index (χ3n) is 5.10. The number of likely N-dealkylation sites (tertiary alicyclic amines) is 2. The van der Waals surface area contributed by atoms with Crippen LogP contribution >= 0.6 is 11.3 Å². The van der Waals surface area contributed by atoms with Gasteiger partial charge >= 0.3 is 0 Å². The van der Waals surface area contributed by atoms with Crippen LogP contribution in [0, 0.1) is 11.8 Å². The fourth-order valence-electron chi connectivity index (χ4n) is 3.87. The summed E-state index contributed by atoms with van der Waals surface area (Å²) in [5.74, 6) is 1.50. The van der Waals surface area contributed by atoms with Gasteiger partial charge < -0.3 is 4.90 Å². The lowest BCUT2D eigenvalue weighted by atomic mass is 9.88. The van der Waals surface area contributed by atoms with Crippen LogP contribution in [0.1, 0.15) is 22.3 Å². The predicted molar refractivity (Wildman–Crippen MR) is 91.3 cm³/mol. The Hall–Kier alpha value is -1.72. The topological polar surface area (TPSA) is 36.4 Å². The van der Waals surface area contributed by atoms with Crippen LogP contribution in [0.4, 0.5) is 0 Å². The second kappa shape index (κ2) is 6.42. The van der Waals surface area contributed by atoms with Crippen LogP contribution in [0.15, 0.2) is 41.4 Å². The quantitative estimate of drug-likeness (QED) is 0.870. The van der Waals surface area contributed by atoms with E-state index in [0.717, 1.165) is 38.3 Å². The lowest BCUT2D eigenvalue weighted by Crippen LogP contribution is -2.39. The molecule has 2 fully saturated rings. The molecule has 2 aliphatic heterocycles. The third kappa shape index (κ3) is 3.16. The van der Waals surface area contributed by atoms with Gasteiger partial charge in [0.05, 0.1) is 5.56 Å². The number of fused-ring (bicyclic) bond motifs is 1. The van der Waals surface area contributed by atoms with E-state index < -0.39 is 0 Å². The van der Waals surface area contributed by atoms with E-state index in [2.05, 4.69) is 26.9 Å². The largest absolute Gasteiger partial charge is 0.338 e. The normalized spacial score (nSPS) is 24.6. The number of hydrogen-bond acceptors (Lipinski definition) is 4. The van der Waals surface area contributed by atoms with Gasteiger partial charge in [0.2, 0.25) is 0 Å². The van der Waals surface area contributed by atoms with Gasteiger partial charge in [-0.2, -0.15) is 11.3 Å². The predicted octanol–water partition coefficient (Wildman–Crippen LogP) is 2.74. The Morgan fingerprint density at radius 2 is 2.00 bits per heavy atom. The molecule has 120 valence electrons. The van der Waals surface area contributed by atoms with Gasteiger partial charge in [-0.25, -0.2) is 0 Å². The SMILES string of the molecule is O=C(c1ccsc1)N1C[C@H]2CN(Cc3ccncc3)CC[C@H]2C1. The molecule has 0 radical (unpaired) electrons. The lowest BCUT2D eigenvalue weighted by molar-refractivity contribution is 0.0784. The highest BCUT2D eigenvalue weighted by Crippen LogP contribution is 2.32. The monoisotopic (exact) mass is 327 g/mol. The van der Waals surface area contributed by atoms with Crippen LogP contribution in [0.5, 0.6) is 0 Å². The van der Waals surface area contributed by atoms with Crippen LogP contribution in [0.3, 0.4) is 0 Å². The van der Waals surface area contributed by atoms with Gasteiger partial charge in [0.25, 0.3) is 5.91 Å². The molecule has 0 spiro atoms. The van der Waals surface area contributed by atoms with Crippen LogP contribution in [0.2, 0.25) is 0 Å². The van der Waals surface area contributed by atoms with Crippen molar-refractivity contribution >= 4 is 17.2 Å². The first kappa shape index (κ1) is 14.8. The first-order chi connectivity index (χ1) is 11.3. The second-order valence-electron chi connectivity index (χ2n) is 6.62. The standard InChI is InChI=1S/C18H21N3OS/c22-18(16-4-8-23-13-16)21-11-15-3-7-20(10-17(15)12-21)9-14-1-5-19-6-2-14/h1-2,4-6,8,13,15,17H,3,7,9-12H2/t15-,17+/m0/s1.